The quantitative estimate of drug-likeness (QED) is 0.513. The molecule has 3 unspecified atom stereocenters. The average Bonchev–Trinajstić information content (AvgIpc) is 3.60. The number of hydrogen-bond acceptors (Lipinski definition) is 6. The first-order valence-electron chi connectivity index (χ1n) is 12.7. The number of amides is 1. The van der Waals surface area contributed by atoms with Gasteiger partial charge in [0.2, 0.25) is 0 Å². The van der Waals surface area contributed by atoms with E-state index in [1.54, 1.807) is 6.07 Å². The Labute approximate surface area is 214 Å². The van der Waals surface area contributed by atoms with Gasteiger partial charge in [0.25, 0.3) is 0 Å². The van der Waals surface area contributed by atoms with Crippen molar-refractivity contribution in [3.05, 3.63) is 53.9 Å². The molecule has 3 aromatic rings. The fourth-order valence-corrected chi connectivity index (χ4v) is 5.49. The number of methoxy groups -OCH3 is 1. The molecule has 1 aromatic carbocycles. The van der Waals surface area contributed by atoms with Crippen LogP contribution in [0.5, 0.6) is 5.88 Å². The highest BCUT2D eigenvalue weighted by Crippen LogP contribution is 2.34. The van der Waals surface area contributed by atoms with Crippen LogP contribution in [0.25, 0.3) is 27.9 Å². The van der Waals surface area contributed by atoms with Gasteiger partial charge in [-0.15, -0.1) is 0 Å². The van der Waals surface area contributed by atoms with Crippen LogP contribution in [0, 0.1) is 11.7 Å². The third-order valence-corrected chi connectivity index (χ3v) is 7.51. The van der Waals surface area contributed by atoms with Crippen molar-refractivity contribution in [2.24, 2.45) is 5.92 Å². The first-order valence-corrected chi connectivity index (χ1v) is 12.7. The zero-order valence-corrected chi connectivity index (χ0v) is 20.8. The Morgan fingerprint density at radius 2 is 1.92 bits per heavy atom. The van der Waals surface area contributed by atoms with E-state index in [2.05, 4.69) is 33.0 Å². The van der Waals surface area contributed by atoms with E-state index >= 15 is 4.39 Å². The van der Waals surface area contributed by atoms with Gasteiger partial charge in [0.05, 0.1) is 37.5 Å². The van der Waals surface area contributed by atoms with Crippen LogP contribution in [0.3, 0.4) is 0 Å². The smallest absolute Gasteiger partial charge is 0.407 e. The maximum absolute atomic E-state index is 15.1. The molecule has 4 heterocycles. The lowest BCUT2D eigenvalue weighted by Crippen LogP contribution is -2.35. The minimum Gasteiger partial charge on any atom is -0.470 e. The summed E-state index contributed by atoms with van der Waals surface area (Å²) in [4.78, 5) is 19.2. The molecule has 2 fully saturated rings. The van der Waals surface area contributed by atoms with Crippen LogP contribution in [0.4, 0.5) is 9.18 Å². The summed E-state index contributed by atoms with van der Waals surface area (Å²) in [6.45, 7) is 3.25. The van der Waals surface area contributed by atoms with E-state index in [0.717, 1.165) is 24.8 Å². The summed E-state index contributed by atoms with van der Waals surface area (Å²) in [5, 5.41) is 2.85. The molecule has 1 amide bonds. The summed E-state index contributed by atoms with van der Waals surface area (Å²) in [5.74, 6) is 0.469. The van der Waals surface area contributed by atoms with Gasteiger partial charge < -0.3 is 29.2 Å². The molecule has 0 saturated carbocycles. The number of carbonyl (C=O) groups is 1. The molecule has 8 nitrogen and oxygen atoms in total. The zero-order valence-electron chi connectivity index (χ0n) is 20.8. The average molecular weight is 508 g/mol. The lowest BCUT2D eigenvalue weighted by molar-refractivity contribution is 0.0282. The molecule has 37 heavy (non-hydrogen) atoms. The van der Waals surface area contributed by atoms with E-state index in [-0.39, 0.29) is 24.4 Å². The number of halogens is 1. The van der Waals surface area contributed by atoms with Crippen molar-refractivity contribution in [1.29, 1.82) is 0 Å². The van der Waals surface area contributed by atoms with E-state index in [0.29, 0.717) is 47.3 Å². The van der Waals surface area contributed by atoms with E-state index < -0.39 is 11.9 Å². The van der Waals surface area contributed by atoms with E-state index in [1.165, 1.54) is 18.7 Å². The van der Waals surface area contributed by atoms with Crippen molar-refractivity contribution < 1.29 is 28.1 Å². The molecular formula is C28H30FN3O5. The van der Waals surface area contributed by atoms with Crippen LogP contribution in [-0.2, 0) is 14.2 Å². The van der Waals surface area contributed by atoms with Gasteiger partial charge in [-0.05, 0) is 30.4 Å². The van der Waals surface area contributed by atoms with Gasteiger partial charge >= 0.3 is 6.09 Å². The normalized spacial score (nSPS) is 27.1. The van der Waals surface area contributed by atoms with Crippen molar-refractivity contribution in [2.45, 2.75) is 50.5 Å². The summed E-state index contributed by atoms with van der Waals surface area (Å²) in [6, 6.07) is 11.1. The maximum atomic E-state index is 15.1. The molecule has 2 aromatic heterocycles. The molecule has 6 rings (SSSR count). The van der Waals surface area contributed by atoms with Crippen molar-refractivity contribution >= 4 is 22.7 Å². The number of pyridine rings is 1. The van der Waals surface area contributed by atoms with Crippen LogP contribution in [0.15, 0.2) is 42.5 Å². The molecule has 1 aliphatic carbocycles. The number of nitrogens with one attached hydrogen (secondary N) is 2. The fraction of sp³-hybridized carbons (Fsp3) is 0.429. The lowest BCUT2D eigenvalue weighted by Gasteiger charge is -2.22. The summed E-state index contributed by atoms with van der Waals surface area (Å²) >= 11 is 0. The predicted molar refractivity (Wildman–Crippen MR) is 136 cm³/mol. The van der Waals surface area contributed by atoms with Gasteiger partial charge in [-0.3, -0.25) is 0 Å². The second-order valence-electron chi connectivity index (χ2n) is 10.0. The molecule has 2 N–H and O–H groups in total. The molecule has 2 aliphatic heterocycles. The number of alkyl carbamates (subject to hydrolysis) is 1. The molecule has 0 radical (unpaired) electrons. The van der Waals surface area contributed by atoms with E-state index in [4.69, 9.17) is 14.2 Å². The van der Waals surface area contributed by atoms with Gasteiger partial charge in [-0.2, -0.15) is 0 Å². The largest absolute Gasteiger partial charge is 0.470 e. The van der Waals surface area contributed by atoms with Crippen molar-refractivity contribution in [2.75, 3.05) is 20.3 Å². The molecule has 194 valence electrons. The Bertz CT molecular complexity index is 1340. The van der Waals surface area contributed by atoms with Gasteiger partial charge in [-0.25, -0.2) is 14.2 Å². The second-order valence-corrected chi connectivity index (χ2v) is 10.0. The monoisotopic (exact) mass is 507 g/mol. The molecule has 0 spiro atoms. The van der Waals surface area contributed by atoms with Gasteiger partial charge in [0.15, 0.2) is 17.8 Å². The Balaban J connectivity index is 1.16. The Morgan fingerprint density at radius 1 is 1.14 bits per heavy atom. The summed E-state index contributed by atoms with van der Waals surface area (Å²) in [7, 11) is 1.37. The number of rotatable bonds is 5. The second kappa shape index (κ2) is 9.79. The number of aromatic amines is 1. The summed E-state index contributed by atoms with van der Waals surface area (Å²) in [6.07, 6.45) is 3.93. The van der Waals surface area contributed by atoms with Crippen LogP contribution in [-0.4, -0.2) is 60.7 Å². The zero-order chi connectivity index (χ0) is 25.5. The fourth-order valence-electron chi connectivity index (χ4n) is 5.49. The first-order chi connectivity index (χ1) is 18.0. The van der Waals surface area contributed by atoms with E-state index in [1.807, 2.05) is 24.3 Å². The highest BCUT2D eigenvalue weighted by atomic mass is 19.1. The first kappa shape index (κ1) is 23.9. The highest BCUT2D eigenvalue weighted by Gasteiger charge is 2.47. The minimum absolute atomic E-state index is 0.0573. The van der Waals surface area contributed by atoms with Gasteiger partial charge in [-0.1, -0.05) is 37.3 Å². The van der Waals surface area contributed by atoms with Crippen LogP contribution < -0.4 is 10.1 Å². The standard InChI is InChI=1S/C28H30FN3O5/c1-15-13-35-27-23(14-36-26(15)27)37-24-12-22-21(31-24)11-20(29)25(32-22)18-5-3-16(4-6-18)17-7-9-19(10-8-17)30-28(33)34-2/h3-7,11-12,15,19,23,26-27,31H,8-10,13-14H2,1-2H3,(H,30,33)/t15-,19?,23-,26?,27?/m1/s1. The van der Waals surface area contributed by atoms with E-state index in [9.17, 15) is 4.79 Å². The number of ether oxygens (including phenoxy) is 4. The number of hydrogen-bond donors (Lipinski definition) is 2. The number of aromatic nitrogens is 2. The number of carbonyl (C=O) groups excluding carboxylic acids is 1. The predicted octanol–water partition coefficient (Wildman–Crippen LogP) is 4.84. The number of allylic oxidation sites excluding steroid dienone is 1. The molecule has 5 atom stereocenters. The number of nitrogens with zero attached hydrogens (tertiary/aromatic N) is 1. The third-order valence-electron chi connectivity index (χ3n) is 7.51. The van der Waals surface area contributed by atoms with Gasteiger partial charge in [0, 0.05) is 29.7 Å². The van der Waals surface area contributed by atoms with Gasteiger partial charge in [0.1, 0.15) is 11.8 Å². The van der Waals surface area contributed by atoms with Crippen LogP contribution in [0.2, 0.25) is 0 Å². The number of benzene rings is 1. The Morgan fingerprint density at radius 3 is 2.68 bits per heavy atom. The molecule has 3 aliphatic rings. The van der Waals surface area contributed by atoms with Crippen LogP contribution >= 0.6 is 0 Å². The van der Waals surface area contributed by atoms with Crippen LogP contribution in [0.1, 0.15) is 31.7 Å². The Kier molecular flexibility index (Phi) is 6.34. The Hall–Kier alpha value is -3.43. The lowest BCUT2D eigenvalue weighted by atomic mass is 9.90. The highest BCUT2D eigenvalue weighted by molar-refractivity contribution is 5.81. The summed E-state index contributed by atoms with van der Waals surface area (Å²) < 4.78 is 37.6. The number of fused-ring (bicyclic) bond motifs is 2. The molecule has 0 bridgehead atoms. The van der Waals surface area contributed by atoms with Crippen molar-refractivity contribution in [3.8, 4) is 17.1 Å². The minimum atomic E-state index is -0.405. The SMILES string of the molecule is COC(=O)NC1CC=C(c2ccc(-c3nc4cc(O[C@@H]5COC6C5OC[C@H]6C)[nH]c4cc3F)cc2)CC1. The maximum Gasteiger partial charge on any atom is 0.407 e. The summed E-state index contributed by atoms with van der Waals surface area (Å²) in [5.41, 5.74) is 4.50. The van der Waals surface area contributed by atoms with Crippen molar-refractivity contribution in [1.82, 2.24) is 15.3 Å². The molecular weight excluding hydrogens is 477 g/mol. The van der Waals surface area contributed by atoms with Crippen molar-refractivity contribution in [3.63, 3.8) is 0 Å². The third kappa shape index (κ3) is 4.69. The number of H-pyrrole nitrogens is 1. The molecule has 2 saturated heterocycles. The molecule has 9 heteroatoms. The topological polar surface area (TPSA) is 94.7 Å².